The second-order valence-corrected chi connectivity index (χ2v) is 6.06. The van der Waals surface area contributed by atoms with Gasteiger partial charge in [-0.15, -0.1) is 0 Å². The Morgan fingerprint density at radius 2 is 1.81 bits per heavy atom. The van der Waals surface area contributed by atoms with E-state index < -0.39 is 4.92 Å². The zero-order chi connectivity index (χ0) is 18.9. The Kier molecular flexibility index (Phi) is 6.92. The molecule has 0 fully saturated rings. The van der Waals surface area contributed by atoms with Gasteiger partial charge in [0.25, 0.3) is 5.69 Å². The highest BCUT2D eigenvalue weighted by molar-refractivity contribution is 5.90. The van der Waals surface area contributed by atoms with Crippen molar-refractivity contribution in [3.63, 3.8) is 0 Å². The summed E-state index contributed by atoms with van der Waals surface area (Å²) in [7, 11) is 0. The Labute approximate surface area is 154 Å². The van der Waals surface area contributed by atoms with Gasteiger partial charge in [-0.2, -0.15) is 5.26 Å². The summed E-state index contributed by atoms with van der Waals surface area (Å²) in [4.78, 5) is 12.7. The van der Waals surface area contributed by atoms with E-state index in [0.29, 0.717) is 11.1 Å². The van der Waals surface area contributed by atoms with E-state index in [0.717, 1.165) is 37.2 Å². The monoisotopic (exact) mass is 349 g/mol. The van der Waals surface area contributed by atoms with Gasteiger partial charge in [-0.25, -0.2) is 0 Å². The molecule has 26 heavy (non-hydrogen) atoms. The third-order valence-electron chi connectivity index (χ3n) is 4.04. The molecule has 0 aromatic heterocycles. The average molecular weight is 349 g/mol. The predicted octanol–water partition coefficient (Wildman–Crippen LogP) is 5.29. The van der Waals surface area contributed by atoms with Crippen LogP contribution in [0.4, 0.5) is 11.4 Å². The third kappa shape index (κ3) is 4.93. The Balaban J connectivity index is 2.32. The van der Waals surface area contributed by atoms with Crippen molar-refractivity contribution in [3.8, 4) is 6.07 Å². The summed E-state index contributed by atoms with van der Waals surface area (Å²) < 4.78 is 0. The van der Waals surface area contributed by atoms with Gasteiger partial charge in [0.05, 0.1) is 16.6 Å². The smallest absolute Gasteiger partial charge is 0.269 e. The number of nitriles is 1. The van der Waals surface area contributed by atoms with Crippen molar-refractivity contribution in [3.05, 3.63) is 69.8 Å². The number of anilines is 1. The lowest BCUT2D eigenvalue weighted by Gasteiger charge is -2.24. The largest absolute Gasteiger partial charge is 0.372 e. The third-order valence-corrected chi connectivity index (χ3v) is 4.04. The standard InChI is InChI=1S/C21H23N3O2/c1-3-12-23(13-4-2)21-7-5-6-17(15-21)14-19(16-22)18-8-10-20(11-9-18)24(25)26/h5-11,14-15H,3-4,12-13H2,1-2H3/b19-14+. The van der Waals surface area contributed by atoms with Crippen LogP contribution in [0.5, 0.6) is 0 Å². The quantitative estimate of drug-likeness (QED) is 0.281. The van der Waals surface area contributed by atoms with Gasteiger partial charge < -0.3 is 4.90 Å². The van der Waals surface area contributed by atoms with Crippen LogP contribution in [0.25, 0.3) is 11.6 Å². The summed E-state index contributed by atoms with van der Waals surface area (Å²) in [6.07, 6.45) is 3.97. The summed E-state index contributed by atoms with van der Waals surface area (Å²) in [5.74, 6) is 0. The normalized spacial score (nSPS) is 11.0. The van der Waals surface area contributed by atoms with Crippen LogP contribution in [0.3, 0.4) is 0 Å². The van der Waals surface area contributed by atoms with E-state index in [1.165, 1.54) is 12.1 Å². The van der Waals surface area contributed by atoms with Crippen LogP contribution < -0.4 is 4.90 Å². The minimum atomic E-state index is -0.445. The maximum absolute atomic E-state index is 10.8. The van der Waals surface area contributed by atoms with E-state index >= 15 is 0 Å². The number of benzene rings is 2. The number of nitrogens with zero attached hydrogens (tertiary/aromatic N) is 3. The van der Waals surface area contributed by atoms with Crippen molar-refractivity contribution in [1.29, 1.82) is 5.26 Å². The SMILES string of the molecule is CCCN(CCC)c1cccc(/C=C(\C#N)c2ccc([N+](=O)[O-])cc2)c1. The number of hydrogen-bond acceptors (Lipinski definition) is 4. The van der Waals surface area contributed by atoms with Crippen LogP contribution in [-0.2, 0) is 0 Å². The first kappa shape index (κ1) is 19.2. The van der Waals surface area contributed by atoms with Crippen molar-refractivity contribution < 1.29 is 4.92 Å². The Hall–Kier alpha value is -3.13. The van der Waals surface area contributed by atoms with Gasteiger partial charge in [0.1, 0.15) is 0 Å². The Morgan fingerprint density at radius 3 is 2.35 bits per heavy atom. The fourth-order valence-corrected chi connectivity index (χ4v) is 2.83. The number of nitro groups is 1. The van der Waals surface area contributed by atoms with E-state index in [4.69, 9.17) is 0 Å². The Bertz CT molecular complexity index is 814. The second kappa shape index (κ2) is 9.38. The molecular weight excluding hydrogens is 326 g/mol. The molecular formula is C21H23N3O2. The lowest BCUT2D eigenvalue weighted by molar-refractivity contribution is -0.384. The molecule has 2 aromatic rings. The van der Waals surface area contributed by atoms with Gasteiger partial charge >= 0.3 is 0 Å². The van der Waals surface area contributed by atoms with E-state index in [2.05, 4.69) is 36.9 Å². The molecule has 0 atom stereocenters. The molecule has 0 saturated carbocycles. The number of rotatable bonds is 8. The van der Waals surface area contributed by atoms with Crippen molar-refractivity contribution in [2.45, 2.75) is 26.7 Å². The zero-order valence-electron chi connectivity index (χ0n) is 15.2. The number of nitro benzene ring substituents is 1. The highest BCUT2D eigenvalue weighted by atomic mass is 16.6. The molecule has 0 spiro atoms. The van der Waals surface area contributed by atoms with Crippen LogP contribution >= 0.6 is 0 Å². The molecule has 2 aromatic carbocycles. The predicted molar refractivity (Wildman–Crippen MR) is 106 cm³/mol. The van der Waals surface area contributed by atoms with Crippen molar-refractivity contribution >= 4 is 23.0 Å². The number of hydrogen-bond donors (Lipinski definition) is 0. The lowest BCUT2D eigenvalue weighted by Crippen LogP contribution is -2.24. The van der Waals surface area contributed by atoms with Crippen LogP contribution in [-0.4, -0.2) is 18.0 Å². The van der Waals surface area contributed by atoms with Crippen LogP contribution in [0.2, 0.25) is 0 Å². The molecule has 5 nitrogen and oxygen atoms in total. The molecule has 0 aliphatic heterocycles. The zero-order valence-corrected chi connectivity index (χ0v) is 15.2. The fourth-order valence-electron chi connectivity index (χ4n) is 2.83. The highest BCUT2D eigenvalue weighted by Crippen LogP contribution is 2.23. The minimum Gasteiger partial charge on any atom is -0.372 e. The molecule has 2 rings (SSSR count). The van der Waals surface area contributed by atoms with Crippen LogP contribution in [0, 0.1) is 21.4 Å². The van der Waals surface area contributed by atoms with Gasteiger partial charge in [0.15, 0.2) is 0 Å². The molecule has 0 unspecified atom stereocenters. The molecule has 0 bridgehead atoms. The van der Waals surface area contributed by atoms with Gasteiger partial charge in [0, 0.05) is 30.9 Å². The molecule has 5 heteroatoms. The van der Waals surface area contributed by atoms with Gasteiger partial charge in [-0.3, -0.25) is 10.1 Å². The highest BCUT2D eigenvalue weighted by Gasteiger charge is 2.08. The first-order valence-electron chi connectivity index (χ1n) is 8.80. The molecule has 0 aliphatic rings. The van der Waals surface area contributed by atoms with Gasteiger partial charge in [-0.1, -0.05) is 26.0 Å². The maximum atomic E-state index is 10.8. The molecule has 0 amide bonds. The first-order chi connectivity index (χ1) is 12.6. The van der Waals surface area contributed by atoms with E-state index in [-0.39, 0.29) is 5.69 Å². The van der Waals surface area contributed by atoms with Crippen molar-refractivity contribution in [1.82, 2.24) is 0 Å². The summed E-state index contributed by atoms with van der Waals surface area (Å²) in [5.41, 5.74) is 3.25. The first-order valence-corrected chi connectivity index (χ1v) is 8.80. The molecule has 0 radical (unpaired) electrons. The van der Waals surface area contributed by atoms with Gasteiger partial charge in [-0.05, 0) is 54.3 Å². The summed E-state index contributed by atoms with van der Waals surface area (Å²) in [5, 5.41) is 20.3. The fraction of sp³-hybridized carbons (Fsp3) is 0.286. The molecule has 0 saturated heterocycles. The molecule has 0 N–H and O–H groups in total. The number of non-ortho nitro benzene ring substituents is 1. The number of allylic oxidation sites excluding steroid dienone is 1. The van der Waals surface area contributed by atoms with Crippen LogP contribution in [0.15, 0.2) is 48.5 Å². The van der Waals surface area contributed by atoms with Gasteiger partial charge in [0.2, 0.25) is 0 Å². The summed E-state index contributed by atoms with van der Waals surface area (Å²) in [6.45, 7) is 6.31. The minimum absolute atomic E-state index is 0.0165. The Morgan fingerprint density at radius 1 is 1.15 bits per heavy atom. The van der Waals surface area contributed by atoms with E-state index in [1.54, 1.807) is 12.1 Å². The summed E-state index contributed by atoms with van der Waals surface area (Å²) >= 11 is 0. The van der Waals surface area contributed by atoms with Crippen molar-refractivity contribution in [2.24, 2.45) is 0 Å². The van der Waals surface area contributed by atoms with Crippen molar-refractivity contribution in [2.75, 3.05) is 18.0 Å². The molecule has 134 valence electrons. The molecule has 0 heterocycles. The average Bonchev–Trinajstić information content (AvgIpc) is 2.66. The van der Waals surface area contributed by atoms with Crippen LogP contribution in [0.1, 0.15) is 37.8 Å². The topological polar surface area (TPSA) is 70.2 Å². The lowest BCUT2D eigenvalue weighted by atomic mass is 10.0. The second-order valence-electron chi connectivity index (χ2n) is 6.06. The maximum Gasteiger partial charge on any atom is 0.269 e. The molecule has 0 aliphatic carbocycles. The van der Waals surface area contributed by atoms with E-state index in [9.17, 15) is 15.4 Å². The van der Waals surface area contributed by atoms with E-state index in [1.807, 2.05) is 18.2 Å². The summed E-state index contributed by atoms with van der Waals surface area (Å²) in [6, 6.07) is 16.4.